The van der Waals surface area contributed by atoms with Crippen LogP contribution in [0.2, 0.25) is 0 Å². The zero-order valence-electron chi connectivity index (χ0n) is 17.4. The molecule has 0 aliphatic carbocycles. The van der Waals surface area contributed by atoms with Crippen molar-refractivity contribution in [3.05, 3.63) is 59.2 Å². The molecular formula is C23H26N2O5. The fourth-order valence-corrected chi connectivity index (χ4v) is 3.44. The number of carbonyl (C=O) groups is 2. The number of aryl methyl sites for hydroxylation is 1. The number of nitrogens with zero attached hydrogens (tertiary/aromatic N) is 2. The Morgan fingerprint density at radius 1 is 1.07 bits per heavy atom. The number of methoxy groups -OCH3 is 2. The van der Waals surface area contributed by atoms with Gasteiger partial charge in [-0.1, -0.05) is 29.8 Å². The van der Waals surface area contributed by atoms with Crippen LogP contribution in [-0.4, -0.2) is 41.9 Å². The van der Waals surface area contributed by atoms with Crippen molar-refractivity contribution in [2.24, 2.45) is 5.10 Å². The Kier molecular flexibility index (Phi) is 6.72. The first-order valence-electron chi connectivity index (χ1n) is 9.82. The Morgan fingerprint density at radius 2 is 1.70 bits per heavy atom. The topological polar surface area (TPSA) is 88.4 Å². The fraction of sp³-hybridized carbons (Fsp3) is 0.348. The maximum Gasteiger partial charge on any atom is 0.303 e. The molecule has 1 amide bonds. The molecule has 158 valence electrons. The molecule has 0 spiro atoms. The van der Waals surface area contributed by atoms with E-state index in [-0.39, 0.29) is 31.2 Å². The van der Waals surface area contributed by atoms with E-state index in [1.54, 1.807) is 20.3 Å². The number of ether oxygens (including phenoxy) is 2. The Labute approximate surface area is 175 Å². The zero-order valence-corrected chi connectivity index (χ0v) is 17.4. The second kappa shape index (κ2) is 9.43. The summed E-state index contributed by atoms with van der Waals surface area (Å²) in [6.07, 6.45) is 0.915. The first kappa shape index (κ1) is 21.4. The van der Waals surface area contributed by atoms with Crippen molar-refractivity contribution in [2.75, 3.05) is 14.2 Å². The molecule has 1 N–H and O–H groups in total. The van der Waals surface area contributed by atoms with Gasteiger partial charge < -0.3 is 14.6 Å². The van der Waals surface area contributed by atoms with Gasteiger partial charge in [0.25, 0.3) is 0 Å². The second-order valence-electron chi connectivity index (χ2n) is 7.26. The Balaban J connectivity index is 1.92. The summed E-state index contributed by atoms with van der Waals surface area (Å²) in [6, 6.07) is 13.3. The summed E-state index contributed by atoms with van der Waals surface area (Å²) < 4.78 is 10.7. The molecule has 7 nitrogen and oxygen atoms in total. The summed E-state index contributed by atoms with van der Waals surface area (Å²) in [5, 5.41) is 15.0. The quantitative estimate of drug-likeness (QED) is 0.712. The lowest BCUT2D eigenvalue weighted by Crippen LogP contribution is -2.27. The van der Waals surface area contributed by atoms with E-state index in [4.69, 9.17) is 14.6 Å². The fourth-order valence-electron chi connectivity index (χ4n) is 3.44. The van der Waals surface area contributed by atoms with Gasteiger partial charge in [-0.05, 0) is 31.0 Å². The number of carboxylic acid groups (broad SMARTS) is 1. The normalized spacial score (nSPS) is 15.6. The smallest absolute Gasteiger partial charge is 0.303 e. The second-order valence-corrected chi connectivity index (χ2v) is 7.26. The van der Waals surface area contributed by atoms with Gasteiger partial charge in [0, 0.05) is 30.9 Å². The number of amides is 1. The van der Waals surface area contributed by atoms with Crippen LogP contribution in [0.4, 0.5) is 0 Å². The minimum Gasteiger partial charge on any atom is -0.497 e. The van der Waals surface area contributed by atoms with Crippen LogP contribution in [0.3, 0.4) is 0 Å². The van der Waals surface area contributed by atoms with Crippen LogP contribution < -0.4 is 9.47 Å². The molecule has 1 heterocycles. The highest BCUT2D eigenvalue weighted by Gasteiger charge is 2.33. The largest absolute Gasteiger partial charge is 0.497 e. The number of rotatable bonds is 8. The summed E-state index contributed by atoms with van der Waals surface area (Å²) in [5.41, 5.74) is 3.70. The number of hydrogen-bond donors (Lipinski definition) is 1. The molecule has 2 aromatic rings. The standard InChI is InChI=1S/C23H26N2O5/c1-15-7-9-16(10-8-15)21-14-20(17-11-18(29-2)13-19(12-17)30-3)24-25(21)22(26)5-4-6-23(27)28/h7-13,21H,4-6,14H2,1-3H3,(H,27,28). The highest BCUT2D eigenvalue weighted by atomic mass is 16.5. The molecule has 0 radical (unpaired) electrons. The van der Waals surface area contributed by atoms with Gasteiger partial charge in [-0.3, -0.25) is 9.59 Å². The van der Waals surface area contributed by atoms with Crippen LogP contribution in [0, 0.1) is 6.92 Å². The summed E-state index contributed by atoms with van der Waals surface area (Å²) in [4.78, 5) is 23.7. The first-order valence-corrected chi connectivity index (χ1v) is 9.82. The van der Waals surface area contributed by atoms with Gasteiger partial charge in [-0.25, -0.2) is 5.01 Å². The maximum absolute atomic E-state index is 12.9. The van der Waals surface area contributed by atoms with E-state index in [2.05, 4.69) is 5.10 Å². The van der Waals surface area contributed by atoms with Crippen LogP contribution >= 0.6 is 0 Å². The zero-order chi connectivity index (χ0) is 21.7. The van der Waals surface area contributed by atoms with E-state index < -0.39 is 5.97 Å². The average Bonchev–Trinajstić information content (AvgIpc) is 3.19. The number of aliphatic carboxylic acids is 1. The van der Waals surface area contributed by atoms with Crippen molar-refractivity contribution in [1.29, 1.82) is 0 Å². The summed E-state index contributed by atoms with van der Waals surface area (Å²) in [5.74, 6) is 0.189. The lowest BCUT2D eigenvalue weighted by Gasteiger charge is -2.22. The van der Waals surface area contributed by atoms with Crippen LogP contribution in [0.15, 0.2) is 47.6 Å². The van der Waals surface area contributed by atoms with Gasteiger partial charge in [-0.2, -0.15) is 5.10 Å². The Hall–Kier alpha value is -3.35. The molecule has 2 aromatic carbocycles. The third kappa shape index (κ3) is 4.97. The SMILES string of the molecule is COc1cc(OC)cc(C2=NN(C(=O)CCCC(=O)O)C(c3ccc(C)cc3)C2)c1. The molecule has 1 aliphatic rings. The predicted octanol–water partition coefficient (Wildman–Crippen LogP) is 3.94. The van der Waals surface area contributed by atoms with Crippen LogP contribution in [0.25, 0.3) is 0 Å². The van der Waals surface area contributed by atoms with Gasteiger partial charge in [0.1, 0.15) is 11.5 Å². The molecule has 3 rings (SSSR count). The van der Waals surface area contributed by atoms with Crippen molar-refractivity contribution in [1.82, 2.24) is 5.01 Å². The Bertz CT molecular complexity index is 930. The molecule has 1 aliphatic heterocycles. The van der Waals surface area contributed by atoms with E-state index in [0.717, 1.165) is 22.4 Å². The minimum atomic E-state index is -0.910. The van der Waals surface area contributed by atoms with Gasteiger partial charge in [0.05, 0.1) is 26.0 Å². The van der Waals surface area contributed by atoms with Crippen molar-refractivity contribution in [3.63, 3.8) is 0 Å². The Morgan fingerprint density at radius 3 is 2.27 bits per heavy atom. The van der Waals surface area contributed by atoms with Gasteiger partial charge in [-0.15, -0.1) is 0 Å². The first-order chi connectivity index (χ1) is 14.4. The summed E-state index contributed by atoms with van der Waals surface area (Å²) in [6.45, 7) is 2.01. The van der Waals surface area contributed by atoms with Crippen molar-refractivity contribution in [2.45, 2.75) is 38.6 Å². The van der Waals surface area contributed by atoms with Crippen LogP contribution in [-0.2, 0) is 9.59 Å². The van der Waals surface area contributed by atoms with E-state index in [0.29, 0.717) is 17.9 Å². The third-order valence-corrected chi connectivity index (χ3v) is 5.09. The molecule has 1 atom stereocenters. The number of carbonyl (C=O) groups excluding carboxylic acids is 1. The highest BCUT2D eigenvalue weighted by Crippen LogP contribution is 2.35. The van der Waals surface area contributed by atoms with Gasteiger partial charge in [0.15, 0.2) is 0 Å². The summed E-state index contributed by atoms with van der Waals surface area (Å²) in [7, 11) is 3.17. The minimum absolute atomic E-state index is 0.0432. The molecule has 0 saturated carbocycles. The third-order valence-electron chi connectivity index (χ3n) is 5.09. The molecule has 0 bridgehead atoms. The lowest BCUT2D eigenvalue weighted by atomic mass is 9.97. The van der Waals surface area contributed by atoms with E-state index in [9.17, 15) is 9.59 Å². The number of hydrogen-bond acceptors (Lipinski definition) is 5. The van der Waals surface area contributed by atoms with Crippen molar-refractivity contribution < 1.29 is 24.2 Å². The van der Waals surface area contributed by atoms with E-state index in [1.165, 1.54) is 5.01 Å². The van der Waals surface area contributed by atoms with Crippen molar-refractivity contribution in [3.8, 4) is 11.5 Å². The molecule has 30 heavy (non-hydrogen) atoms. The molecule has 0 aromatic heterocycles. The van der Waals surface area contributed by atoms with E-state index >= 15 is 0 Å². The van der Waals surface area contributed by atoms with Gasteiger partial charge >= 0.3 is 5.97 Å². The number of hydrazone groups is 1. The van der Waals surface area contributed by atoms with Gasteiger partial charge in [0.2, 0.25) is 5.91 Å². The highest BCUT2D eigenvalue weighted by molar-refractivity contribution is 6.03. The van der Waals surface area contributed by atoms with Crippen LogP contribution in [0.5, 0.6) is 11.5 Å². The molecule has 1 unspecified atom stereocenters. The summed E-state index contributed by atoms with van der Waals surface area (Å²) >= 11 is 0. The number of benzene rings is 2. The lowest BCUT2D eigenvalue weighted by molar-refractivity contribution is -0.137. The molecule has 7 heteroatoms. The molecule has 0 saturated heterocycles. The van der Waals surface area contributed by atoms with Crippen molar-refractivity contribution >= 4 is 17.6 Å². The molecule has 0 fully saturated rings. The van der Waals surface area contributed by atoms with Crippen LogP contribution in [0.1, 0.15) is 48.4 Å². The van der Waals surface area contributed by atoms with E-state index in [1.807, 2.05) is 43.3 Å². The molecular weight excluding hydrogens is 384 g/mol. The monoisotopic (exact) mass is 410 g/mol. The number of carboxylic acids is 1. The average molecular weight is 410 g/mol. The maximum atomic E-state index is 12.9. The predicted molar refractivity (Wildman–Crippen MR) is 113 cm³/mol.